The highest BCUT2D eigenvalue weighted by atomic mass is 32.1. The maximum Gasteiger partial charge on any atom is 0.0626 e. The molecule has 0 saturated carbocycles. The maximum absolute atomic E-state index is 2.49. The first-order valence-electron chi connectivity index (χ1n) is 18.9. The molecule has 3 heterocycles. The highest BCUT2D eigenvalue weighted by Crippen LogP contribution is 2.46. The largest absolute Gasteiger partial charge is 0.309 e. The summed E-state index contributed by atoms with van der Waals surface area (Å²) in [5.74, 6) is 0. The summed E-state index contributed by atoms with van der Waals surface area (Å²) in [5.41, 5.74) is 7.21. The number of hydrogen-bond acceptors (Lipinski definition) is 1. The fourth-order valence-electron chi connectivity index (χ4n) is 9.84. The van der Waals surface area contributed by atoms with Gasteiger partial charge in [-0.25, -0.2) is 0 Å². The summed E-state index contributed by atoms with van der Waals surface area (Å²) in [7, 11) is 0. The van der Waals surface area contributed by atoms with Crippen molar-refractivity contribution >= 4 is 118 Å². The Hall–Kier alpha value is -6.94. The Morgan fingerprint density at radius 3 is 1.58 bits per heavy atom. The first-order valence-corrected chi connectivity index (χ1v) is 19.8. The highest BCUT2D eigenvalue weighted by molar-refractivity contribution is 7.26. The third kappa shape index (κ3) is 3.87. The van der Waals surface area contributed by atoms with Gasteiger partial charge in [-0.05, 0) is 92.3 Å². The van der Waals surface area contributed by atoms with E-state index in [0.717, 1.165) is 11.4 Å². The Kier molecular flexibility index (Phi) is 5.80. The fraction of sp³-hybridized carbons (Fsp3) is 0. The molecule has 3 heteroatoms. The molecule has 254 valence electrons. The minimum atomic E-state index is 1.15. The number of aromatic nitrogens is 2. The second kappa shape index (κ2) is 10.8. The van der Waals surface area contributed by atoms with Crippen LogP contribution in [0.15, 0.2) is 182 Å². The number of rotatable bonds is 2. The second-order valence-corrected chi connectivity index (χ2v) is 15.9. The van der Waals surface area contributed by atoms with Gasteiger partial charge in [-0.2, -0.15) is 0 Å². The van der Waals surface area contributed by atoms with Gasteiger partial charge in [0.25, 0.3) is 0 Å². The van der Waals surface area contributed by atoms with Gasteiger partial charge in [0.1, 0.15) is 0 Å². The predicted molar refractivity (Wildman–Crippen MR) is 238 cm³/mol. The van der Waals surface area contributed by atoms with Gasteiger partial charge >= 0.3 is 0 Å². The molecule has 13 rings (SSSR count). The van der Waals surface area contributed by atoms with Gasteiger partial charge in [0.15, 0.2) is 0 Å². The molecule has 0 N–H and O–H groups in total. The van der Waals surface area contributed by atoms with Crippen molar-refractivity contribution in [3.05, 3.63) is 182 Å². The Labute approximate surface area is 319 Å². The summed E-state index contributed by atoms with van der Waals surface area (Å²) in [6, 6.07) is 67.6. The van der Waals surface area contributed by atoms with Gasteiger partial charge in [0.05, 0.1) is 22.1 Å². The lowest BCUT2D eigenvalue weighted by atomic mass is 9.93. The van der Waals surface area contributed by atoms with E-state index in [4.69, 9.17) is 0 Å². The maximum atomic E-state index is 2.49. The lowest BCUT2D eigenvalue weighted by Gasteiger charge is -2.15. The zero-order valence-electron chi connectivity index (χ0n) is 29.6. The summed E-state index contributed by atoms with van der Waals surface area (Å²) in [6.45, 7) is 0. The van der Waals surface area contributed by atoms with E-state index in [2.05, 4.69) is 191 Å². The van der Waals surface area contributed by atoms with E-state index < -0.39 is 0 Å². The van der Waals surface area contributed by atoms with Crippen molar-refractivity contribution in [1.29, 1.82) is 0 Å². The van der Waals surface area contributed by atoms with Crippen LogP contribution in [0.1, 0.15) is 0 Å². The monoisotopic (exact) mass is 714 g/mol. The number of nitrogens with zero attached hydrogens (tertiary/aromatic N) is 2. The first kappa shape index (κ1) is 29.5. The van der Waals surface area contributed by atoms with Crippen LogP contribution in [0.2, 0.25) is 0 Å². The minimum Gasteiger partial charge on any atom is -0.309 e. The Bertz CT molecular complexity index is 3760. The van der Waals surface area contributed by atoms with E-state index in [9.17, 15) is 0 Å². The molecule has 0 radical (unpaired) electrons. The van der Waals surface area contributed by atoms with Gasteiger partial charge in [-0.15, -0.1) is 11.3 Å². The quantitative estimate of drug-likeness (QED) is 0.158. The number of para-hydroxylation sites is 2. The van der Waals surface area contributed by atoms with Crippen LogP contribution in [0.25, 0.3) is 118 Å². The molecule has 0 amide bonds. The normalized spacial score (nSPS) is 12.4. The van der Waals surface area contributed by atoms with E-state index >= 15 is 0 Å². The summed E-state index contributed by atoms with van der Waals surface area (Å²) < 4.78 is 7.62. The predicted octanol–water partition coefficient (Wildman–Crippen LogP) is 14.9. The zero-order valence-corrected chi connectivity index (χ0v) is 30.4. The van der Waals surface area contributed by atoms with E-state index in [1.165, 1.54) is 107 Å². The van der Waals surface area contributed by atoms with Crippen LogP contribution < -0.4 is 0 Å². The molecule has 13 aromatic rings. The summed E-state index contributed by atoms with van der Waals surface area (Å²) >= 11 is 1.88. The minimum absolute atomic E-state index is 1.15. The molecule has 2 nitrogen and oxygen atoms in total. The molecule has 0 spiro atoms. The average molecular weight is 715 g/mol. The van der Waals surface area contributed by atoms with Gasteiger partial charge in [0.2, 0.25) is 0 Å². The van der Waals surface area contributed by atoms with Gasteiger partial charge in [-0.3, -0.25) is 0 Å². The smallest absolute Gasteiger partial charge is 0.0626 e. The third-order valence-electron chi connectivity index (χ3n) is 12.1. The molecular formula is C52H30N2S. The van der Waals surface area contributed by atoms with E-state index in [-0.39, 0.29) is 0 Å². The van der Waals surface area contributed by atoms with Crippen LogP contribution in [0, 0.1) is 0 Å². The van der Waals surface area contributed by atoms with Gasteiger partial charge in [-0.1, -0.05) is 127 Å². The molecule has 0 fully saturated rings. The topological polar surface area (TPSA) is 9.86 Å². The van der Waals surface area contributed by atoms with E-state index in [0.29, 0.717) is 0 Å². The summed E-state index contributed by atoms with van der Waals surface area (Å²) in [6.07, 6.45) is 0. The molecule has 0 atom stereocenters. The SMILES string of the molecule is c1ccc2c(c1)ccc1c2c2ccccc2c2c3ccccc3n(-c3ccc(-n4c5ccccc5c5c6ccc7sc8ccccc8c7c6ccc54)cc3)c12. The van der Waals surface area contributed by atoms with Crippen LogP contribution >= 0.6 is 11.3 Å². The van der Waals surface area contributed by atoms with Crippen LogP contribution in [0.3, 0.4) is 0 Å². The standard InChI is InChI=1S/C52H30N2S/c1-2-12-34-31(11-1)21-26-42-48(34)35-13-3-4-14-36(35)51-40-16-6-9-19-44(40)54(52(42)51)33-24-22-32(23-25-33)53-43-18-8-5-15-39(43)49-37-28-30-47-50(38(37)27-29-45(49)53)41-17-7-10-20-46(41)55-47/h1-30H. The average Bonchev–Trinajstić information content (AvgIpc) is 3.92. The molecule has 0 unspecified atom stereocenters. The molecule has 0 aliphatic rings. The van der Waals surface area contributed by atoms with Crippen molar-refractivity contribution in [2.24, 2.45) is 0 Å². The van der Waals surface area contributed by atoms with Gasteiger partial charge < -0.3 is 9.13 Å². The molecule has 0 aliphatic carbocycles. The van der Waals surface area contributed by atoms with Crippen LogP contribution in [-0.4, -0.2) is 9.13 Å². The van der Waals surface area contributed by atoms with Gasteiger partial charge in [0, 0.05) is 58.5 Å². The number of hydrogen-bond donors (Lipinski definition) is 0. The highest BCUT2D eigenvalue weighted by Gasteiger charge is 2.21. The molecule has 10 aromatic carbocycles. The fourth-order valence-corrected chi connectivity index (χ4v) is 11.0. The Morgan fingerprint density at radius 1 is 0.273 bits per heavy atom. The number of thiophene rings is 1. The summed E-state index contributed by atoms with van der Waals surface area (Å²) in [4.78, 5) is 0. The molecular weight excluding hydrogens is 685 g/mol. The number of benzene rings is 10. The Balaban J connectivity index is 1.08. The van der Waals surface area contributed by atoms with Crippen molar-refractivity contribution in [1.82, 2.24) is 9.13 Å². The molecule has 3 aromatic heterocycles. The lowest BCUT2D eigenvalue weighted by Crippen LogP contribution is -1.98. The van der Waals surface area contributed by atoms with Crippen LogP contribution in [-0.2, 0) is 0 Å². The first-order chi connectivity index (χ1) is 27.3. The summed E-state index contributed by atoms with van der Waals surface area (Å²) in [5, 5.41) is 18.2. The van der Waals surface area contributed by atoms with Crippen LogP contribution in [0.5, 0.6) is 0 Å². The molecule has 0 saturated heterocycles. The van der Waals surface area contributed by atoms with Crippen molar-refractivity contribution in [2.75, 3.05) is 0 Å². The molecule has 55 heavy (non-hydrogen) atoms. The lowest BCUT2D eigenvalue weighted by molar-refractivity contribution is 1.15. The van der Waals surface area contributed by atoms with E-state index in [1.807, 2.05) is 11.3 Å². The van der Waals surface area contributed by atoms with Crippen molar-refractivity contribution in [3.63, 3.8) is 0 Å². The third-order valence-corrected chi connectivity index (χ3v) is 13.2. The van der Waals surface area contributed by atoms with Crippen molar-refractivity contribution in [2.45, 2.75) is 0 Å². The number of fused-ring (bicyclic) bond motifs is 19. The van der Waals surface area contributed by atoms with Crippen molar-refractivity contribution in [3.8, 4) is 11.4 Å². The Morgan fingerprint density at radius 2 is 0.800 bits per heavy atom. The second-order valence-electron chi connectivity index (χ2n) is 14.8. The van der Waals surface area contributed by atoms with Crippen molar-refractivity contribution < 1.29 is 0 Å². The van der Waals surface area contributed by atoms with Crippen LogP contribution in [0.4, 0.5) is 0 Å². The van der Waals surface area contributed by atoms with E-state index in [1.54, 1.807) is 0 Å². The zero-order chi connectivity index (χ0) is 35.8. The molecule has 0 aliphatic heterocycles. The molecule has 0 bridgehead atoms.